The molecule has 6 heteroatoms. The van der Waals surface area contributed by atoms with Crippen molar-refractivity contribution in [1.82, 2.24) is 0 Å². The van der Waals surface area contributed by atoms with E-state index in [1.165, 1.54) is 11.8 Å². The van der Waals surface area contributed by atoms with Crippen LogP contribution in [0.4, 0.5) is 5.69 Å². The fraction of sp³-hybridized carbons (Fsp3) is 0.222. The molecule has 0 spiro atoms. The number of hydrogen-bond acceptors (Lipinski definition) is 3. The minimum atomic E-state index is -0.974. The van der Waals surface area contributed by atoms with Gasteiger partial charge in [0.05, 0.1) is 18.2 Å². The lowest BCUT2D eigenvalue weighted by Gasteiger charge is -2.35. The monoisotopic (exact) mass is 361 g/mol. The van der Waals surface area contributed by atoms with E-state index in [1.54, 1.807) is 17.9 Å². The molecule has 124 valence electrons. The van der Waals surface area contributed by atoms with Gasteiger partial charge in [0.15, 0.2) is 0 Å². The first-order chi connectivity index (χ1) is 11.5. The van der Waals surface area contributed by atoms with Gasteiger partial charge in [0.2, 0.25) is 5.91 Å². The number of amides is 1. The van der Waals surface area contributed by atoms with E-state index in [4.69, 9.17) is 11.6 Å². The number of aliphatic carboxylic acids is 1. The second-order valence-corrected chi connectivity index (χ2v) is 7.24. The van der Waals surface area contributed by atoms with Crippen molar-refractivity contribution in [3.8, 4) is 0 Å². The number of fused-ring (bicyclic) bond motifs is 1. The van der Waals surface area contributed by atoms with Gasteiger partial charge < -0.3 is 10.0 Å². The van der Waals surface area contributed by atoms with Crippen LogP contribution in [0.25, 0.3) is 0 Å². The van der Waals surface area contributed by atoms with E-state index in [0.717, 1.165) is 16.1 Å². The van der Waals surface area contributed by atoms with Crippen LogP contribution >= 0.6 is 23.4 Å². The van der Waals surface area contributed by atoms with Crippen molar-refractivity contribution >= 4 is 40.9 Å². The van der Waals surface area contributed by atoms with E-state index < -0.39 is 17.1 Å². The Morgan fingerprint density at radius 3 is 2.62 bits per heavy atom. The summed E-state index contributed by atoms with van der Waals surface area (Å²) in [7, 11) is 0. The maximum absolute atomic E-state index is 12.9. The summed E-state index contributed by atoms with van der Waals surface area (Å²) in [5.41, 5.74) is 1.62. The molecule has 0 bridgehead atoms. The Morgan fingerprint density at radius 2 is 1.92 bits per heavy atom. The van der Waals surface area contributed by atoms with Crippen LogP contribution in [-0.4, -0.2) is 22.2 Å². The normalized spacial score (nSPS) is 18.2. The quantitative estimate of drug-likeness (QED) is 0.891. The molecule has 4 nitrogen and oxygen atoms in total. The Morgan fingerprint density at radius 1 is 1.25 bits per heavy atom. The van der Waals surface area contributed by atoms with Gasteiger partial charge in [-0.3, -0.25) is 9.59 Å². The Balaban J connectivity index is 2.01. The predicted molar refractivity (Wildman–Crippen MR) is 95.5 cm³/mol. The Hall–Kier alpha value is -1.98. The summed E-state index contributed by atoms with van der Waals surface area (Å²) in [6.45, 7) is 1.89. The number of halogens is 1. The molecule has 1 heterocycles. The van der Waals surface area contributed by atoms with E-state index >= 15 is 0 Å². The summed E-state index contributed by atoms with van der Waals surface area (Å²) >= 11 is 7.55. The van der Waals surface area contributed by atoms with Crippen LogP contribution in [-0.2, 0) is 16.1 Å². The van der Waals surface area contributed by atoms with Crippen molar-refractivity contribution in [3.05, 3.63) is 59.1 Å². The molecule has 0 fully saturated rings. The largest absolute Gasteiger partial charge is 0.481 e. The molecule has 24 heavy (non-hydrogen) atoms. The van der Waals surface area contributed by atoms with Gasteiger partial charge in [0.1, 0.15) is 5.25 Å². The molecule has 2 aromatic rings. The van der Waals surface area contributed by atoms with E-state index in [2.05, 4.69) is 0 Å². The number of rotatable bonds is 4. The highest BCUT2D eigenvalue weighted by molar-refractivity contribution is 8.01. The summed E-state index contributed by atoms with van der Waals surface area (Å²) in [5, 5.41) is 9.25. The van der Waals surface area contributed by atoms with Crippen LogP contribution in [0.3, 0.4) is 0 Å². The molecular weight excluding hydrogens is 346 g/mol. The Bertz CT molecular complexity index is 795. The van der Waals surface area contributed by atoms with Gasteiger partial charge in [0, 0.05) is 9.92 Å². The van der Waals surface area contributed by atoms with Crippen molar-refractivity contribution in [2.24, 2.45) is 5.92 Å². The van der Waals surface area contributed by atoms with Crippen molar-refractivity contribution in [3.63, 3.8) is 0 Å². The second kappa shape index (κ2) is 6.87. The lowest BCUT2D eigenvalue weighted by molar-refractivity contribution is -0.142. The number of carbonyl (C=O) groups excluding carboxylic acids is 1. The Kier molecular flexibility index (Phi) is 4.83. The van der Waals surface area contributed by atoms with Crippen LogP contribution in [0.5, 0.6) is 0 Å². The molecule has 1 N–H and O–H groups in total. The van der Waals surface area contributed by atoms with E-state index in [9.17, 15) is 14.7 Å². The van der Waals surface area contributed by atoms with E-state index in [-0.39, 0.29) is 5.91 Å². The minimum Gasteiger partial charge on any atom is -0.481 e. The third-order valence-corrected chi connectivity index (χ3v) is 5.88. The van der Waals surface area contributed by atoms with E-state index in [1.807, 2.05) is 42.5 Å². The van der Waals surface area contributed by atoms with Crippen LogP contribution < -0.4 is 4.90 Å². The van der Waals surface area contributed by atoms with Crippen LogP contribution in [0.2, 0.25) is 5.02 Å². The number of nitrogens with zero attached hydrogens (tertiary/aromatic N) is 1. The second-order valence-electron chi connectivity index (χ2n) is 5.65. The molecule has 2 aromatic carbocycles. The lowest BCUT2D eigenvalue weighted by Crippen LogP contribution is -2.45. The maximum atomic E-state index is 12.9. The molecule has 1 amide bonds. The zero-order valence-electron chi connectivity index (χ0n) is 13.0. The smallest absolute Gasteiger partial charge is 0.307 e. The Labute approximate surface area is 149 Å². The summed E-state index contributed by atoms with van der Waals surface area (Å²) in [4.78, 5) is 26.9. The fourth-order valence-electron chi connectivity index (χ4n) is 2.64. The molecule has 1 aliphatic rings. The zero-order valence-corrected chi connectivity index (χ0v) is 14.6. The standard InChI is InChI=1S/C18H16ClNO3S/c1-11(18(22)23)16-17(21)20(10-12-6-2-3-7-13(12)19)14-8-4-5-9-15(14)24-16/h2-9,11,16H,10H2,1H3,(H,22,23). The van der Waals surface area contributed by atoms with Gasteiger partial charge in [-0.25, -0.2) is 0 Å². The molecule has 0 radical (unpaired) electrons. The molecule has 3 rings (SSSR count). The lowest BCUT2D eigenvalue weighted by atomic mass is 10.1. The first kappa shape index (κ1) is 16.9. The van der Waals surface area contributed by atoms with Gasteiger partial charge >= 0.3 is 5.97 Å². The van der Waals surface area contributed by atoms with Crippen molar-refractivity contribution in [1.29, 1.82) is 0 Å². The highest BCUT2D eigenvalue weighted by atomic mass is 35.5. The molecule has 2 atom stereocenters. The number of carbonyl (C=O) groups is 2. The molecule has 1 aliphatic heterocycles. The van der Waals surface area contributed by atoms with Gasteiger partial charge in [-0.15, -0.1) is 11.8 Å². The molecule has 0 aliphatic carbocycles. The average Bonchev–Trinajstić information content (AvgIpc) is 2.58. The molecule has 2 unspecified atom stereocenters. The SMILES string of the molecule is CC(C(=O)O)C1Sc2ccccc2N(Cc2ccccc2Cl)C1=O. The highest BCUT2D eigenvalue weighted by Gasteiger charge is 2.39. The molecule has 0 saturated carbocycles. The summed E-state index contributed by atoms with van der Waals surface area (Å²) in [6, 6.07) is 14.9. The fourth-order valence-corrected chi connectivity index (χ4v) is 4.12. The highest BCUT2D eigenvalue weighted by Crippen LogP contribution is 2.42. The number of carboxylic acid groups (broad SMARTS) is 1. The maximum Gasteiger partial charge on any atom is 0.307 e. The summed E-state index contributed by atoms with van der Waals surface area (Å²) in [5.74, 6) is -1.95. The van der Waals surface area contributed by atoms with E-state index in [0.29, 0.717) is 11.6 Å². The van der Waals surface area contributed by atoms with Crippen molar-refractivity contribution < 1.29 is 14.7 Å². The number of anilines is 1. The van der Waals surface area contributed by atoms with Gasteiger partial charge in [-0.2, -0.15) is 0 Å². The molecule has 0 saturated heterocycles. The first-order valence-corrected chi connectivity index (χ1v) is 8.78. The molecule has 0 aromatic heterocycles. The van der Waals surface area contributed by atoms with Crippen LogP contribution in [0.15, 0.2) is 53.4 Å². The third kappa shape index (κ3) is 3.14. The van der Waals surface area contributed by atoms with Gasteiger partial charge in [0.25, 0.3) is 0 Å². The predicted octanol–water partition coefficient (Wildman–Crippen LogP) is 4.07. The van der Waals surface area contributed by atoms with Crippen LogP contribution in [0.1, 0.15) is 12.5 Å². The topological polar surface area (TPSA) is 57.6 Å². The van der Waals surface area contributed by atoms with Gasteiger partial charge in [-0.1, -0.05) is 48.9 Å². The zero-order chi connectivity index (χ0) is 17.3. The average molecular weight is 362 g/mol. The molecular formula is C18H16ClNO3S. The first-order valence-electron chi connectivity index (χ1n) is 7.52. The van der Waals surface area contributed by atoms with Gasteiger partial charge in [-0.05, 0) is 23.8 Å². The van der Waals surface area contributed by atoms with Crippen LogP contribution in [0, 0.1) is 5.92 Å². The minimum absolute atomic E-state index is 0.200. The number of thioether (sulfide) groups is 1. The summed E-state index contributed by atoms with van der Waals surface area (Å²) in [6.07, 6.45) is 0. The van der Waals surface area contributed by atoms with Crippen molar-refractivity contribution in [2.75, 3.05) is 4.90 Å². The number of benzene rings is 2. The number of carboxylic acids is 1. The number of hydrogen-bond donors (Lipinski definition) is 1. The third-order valence-electron chi connectivity index (χ3n) is 4.05. The number of para-hydroxylation sites is 1. The van der Waals surface area contributed by atoms with Crippen molar-refractivity contribution in [2.45, 2.75) is 23.6 Å². The summed E-state index contributed by atoms with van der Waals surface area (Å²) < 4.78 is 0.